The summed E-state index contributed by atoms with van der Waals surface area (Å²) >= 11 is 1.64. The molecular weight excluding hydrogens is 206 g/mol. The van der Waals surface area contributed by atoms with Gasteiger partial charge in [-0.3, -0.25) is 0 Å². The number of aromatic nitrogens is 3. The smallest absolute Gasteiger partial charge is 0.142 e. The molecule has 2 aromatic rings. The van der Waals surface area contributed by atoms with Gasteiger partial charge in [0.05, 0.1) is 5.69 Å². The minimum atomic E-state index is 0.525. The zero-order valence-electron chi connectivity index (χ0n) is 8.84. The quantitative estimate of drug-likeness (QED) is 0.796. The Morgan fingerprint density at radius 3 is 3.00 bits per heavy atom. The largest absolute Gasteiger partial charge is 0.245 e. The average molecular weight is 219 g/mol. The molecule has 0 aliphatic carbocycles. The fourth-order valence-corrected chi connectivity index (χ4v) is 2.17. The van der Waals surface area contributed by atoms with Gasteiger partial charge in [-0.2, -0.15) is 0 Å². The molecule has 2 aromatic heterocycles. The standard InChI is InChI=1S/C11H13N3S/c1-3-8(2)10-6-15-11(14-10)9-4-5-12-7-13-9/h4-8H,3H2,1-2H3. The molecule has 1 unspecified atom stereocenters. The predicted molar refractivity (Wildman–Crippen MR) is 61.8 cm³/mol. The van der Waals surface area contributed by atoms with Crippen LogP contribution in [0.5, 0.6) is 0 Å². The number of hydrogen-bond acceptors (Lipinski definition) is 4. The first kappa shape index (κ1) is 10.2. The first-order valence-electron chi connectivity index (χ1n) is 5.03. The summed E-state index contributed by atoms with van der Waals surface area (Å²) in [5.41, 5.74) is 2.07. The predicted octanol–water partition coefficient (Wildman–Crippen LogP) is 3.11. The van der Waals surface area contributed by atoms with E-state index in [1.165, 1.54) is 0 Å². The van der Waals surface area contributed by atoms with Crippen molar-refractivity contribution in [2.45, 2.75) is 26.2 Å². The molecular formula is C11H13N3S. The first-order valence-corrected chi connectivity index (χ1v) is 5.91. The van der Waals surface area contributed by atoms with Crippen LogP contribution >= 0.6 is 11.3 Å². The monoisotopic (exact) mass is 219 g/mol. The summed E-state index contributed by atoms with van der Waals surface area (Å²) < 4.78 is 0. The van der Waals surface area contributed by atoms with Crippen molar-refractivity contribution >= 4 is 11.3 Å². The molecule has 3 nitrogen and oxygen atoms in total. The van der Waals surface area contributed by atoms with Gasteiger partial charge in [0, 0.05) is 11.6 Å². The van der Waals surface area contributed by atoms with E-state index in [0.717, 1.165) is 22.8 Å². The molecule has 0 saturated heterocycles. The second-order valence-corrected chi connectivity index (χ2v) is 4.34. The Labute approximate surface area is 93.2 Å². The minimum absolute atomic E-state index is 0.525. The Kier molecular flexibility index (Phi) is 3.06. The molecule has 0 radical (unpaired) electrons. The Hall–Kier alpha value is -1.29. The molecule has 0 aliphatic heterocycles. The molecule has 0 aliphatic rings. The van der Waals surface area contributed by atoms with Gasteiger partial charge in [0.15, 0.2) is 0 Å². The number of thiazole rings is 1. The first-order chi connectivity index (χ1) is 7.31. The topological polar surface area (TPSA) is 38.7 Å². The lowest BCUT2D eigenvalue weighted by molar-refractivity contribution is 0.714. The van der Waals surface area contributed by atoms with Crippen molar-refractivity contribution in [2.24, 2.45) is 0 Å². The Bertz CT molecular complexity index is 424. The molecule has 4 heteroatoms. The van der Waals surface area contributed by atoms with Crippen molar-refractivity contribution in [1.29, 1.82) is 0 Å². The second kappa shape index (κ2) is 4.49. The highest BCUT2D eigenvalue weighted by Crippen LogP contribution is 2.26. The normalized spacial score (nSPS) is 12.7. The van der Waals surface area contributed by atoms with Gasteiger partial charge in [-0.1, -0.05) is 13.8 Å². The molecule has 15 heavy (non-hydrogen) atoms. The van der Waals surface area contributed by atoms with Crippen LogP contribution in [0.25, 0.3) is 10.7 Å². The lowest BCUT2D eigenvalue weighted by Gasteiger charge is -2.02. The summed E-state index contributed by atoms with van der Waals surface area (Å²) in [6.07, 6.45) is 4.42. The summed E-state index contributed by atoms with van der Waals surface area (Å²) in [5.74, 6) is 0.525. The van der Waals surface area contributed by atoms with Gasteiger partial charge in [-0.15, -0.1) is 11.3 Å². The molecule has 2 heterocycles. The van der Waals surface area contributed by atoms with Crippen molar-refractivity contribution in [3.8, 4) is 10.7 Å². The van der Waals surface area contributed by atoms with Crippen molar-refractivity contribution in [2.75, 3.05) is 0 Å². The Balaban J connectivity index is 2.28. The van der Waals surface area contributed by atoms with E-state index in [4.69, 9.17) is 0 Å². The highest BCUT2D eigenvalue weighted by molar-refractivity contribution is 7.13. The van der Waals surface area contributed by atoms with E-state index in [2.05, 4.69) is 34.2 Å². The van der Waals surface area contributed by atoms with E-state index >= 15 is 0 Å². The molecule has 0 spiro atoms. The third-order valence-corrected chi connectivity index (χ3v) is 3.32. The third-order valence-electron chi connectivity index (χ3n) is 2.44. The van der Waals surface area contributed by atoms with Gasteiger partial charge >= 0.3 is 0 Å². The van der Waals surface area contributed by atoms with Crippen LogP contribution in [0, 0.1) is 0 Å². The zero-order valence-corrected chi connectivity index (χ0v) is 9.66. The van der Waals surface area contributed by atoms with E-state index < -0.39 is 0 Å². The average Bonchev–Trinajstić information content (AvgIpc) is 2.78. The van der Waals surface area contributed by atoms with E-state index in [1.807, 2.05) is 6.07 Å². The summed E-state index contributed by atoms with van der Waals surface area (Å²) in [5, 5.41) is 3.10. The highest BCUT2D eigenvalue weighted by Gasteiger charge is 2.09. The van der Waals surface area contributed by atoms with E-state index in [1.54, 1.807) is 23.9 Å². The van der Waals surface area contributed by atoms with Gasteiger partial charge in [0.1, 0.15) is 17.0 Å². The van der Waals surface area contributed by atoms with Crippen molar-refractivity contribution in [1.82, 2.24) is 15.0 Å². The lowest BCUT2D eigenvalue weighted by Crippen LogP contribution is -1.91. The van der Waals surface area contributed by atoms with E-state index in [9.17, 15) is 0 Å². The summed E-state index contributed by atoms with van der Waals surface area (Å²) in [4.78, 5) is 12.7. The molecule has 0 bridgehead atoms. The summed E-state index contributed by atoms with van der Waals surface area (Å²) in [6.45, 7) is 4.37. The van der Waals surface area contributed by atoms with Crippen LogP contribution in [0.4, 0.5) is 0 Å². The molecule has 0 aromatic carbocycles. The van der Waals surface area contributed by atoms with E-state index in [-0.39, 0.29) is 0 Å². The van der Waals surface area contributed by atoms with Gasteiger partial charge in [-0.25, -0.2) is 15.0 Å². The molecule has 1 atom stereocenters. The van der Waals surface area contributed by atoms with Crippen LogP contribution in [0.2, 0.25) is 0 Å². The van der Waals surface area contributed by atoms with Gasteiger partial charge < -0.3 is 0 Å². The maximum absolute atomic E-state index is 4.58. The Morgan fingerprint density at radius 1 is 1.47 bits per heavy atom. The number of hydrogen-bond donors (Lipinski definition) is 0. The molecule has 2 rings (SSSR count). The number of rotatable bonds is 3. The molecule has 78 valence electrons. The fraction of sp³-hybridized carbons (Fsp3) is 0.364. The van der Waals surface area contributed by atoms with Crippen LogP contribution < -0.4 is 0 Å². The number of nitrogens with zero attached hydrogens (tertiary/aromatic N) is 3. The second-order valence-electron chi connectivity index (χ2n) is 3.48. The Morgan fingerprint density at radius 2 is 2.33 bits per heavy atom. The summed E-state index contributed by atoms with van der Waals surface area (Å²) in [7, 11) is 0. The lowest BCUT2D eigenvalue weighted by atomic mass is 10.1. The molecule has 0 fully saturated rings. The van der Waals surface area contributed by atoms with Crippen LogP contribution in [0.3, 0.4) is 0 Å². The SMILES string of the molecule is CCC(C)c1csc(-c2ccncn2)n1. The maximum Gasteiger partial charge on any atom is 0.142 e. The highest BCUT2D eigenvalue weighted by atomic mass is 32.1. The zero-order chi connectivity index (χ0) is 10.7. The van der Waals surface area contributed by atoms with Crippen LogP contribution in [-0.2, 0) is 0 Å². The molecule has 0 amide bonds. The van der Waals surface area contributed by atoms with Gasteiger partial charge in [-0.05, 0) is 18.4 Å². The molecule has 0 N–H and O–H groups in total. The van der Waals surface area contributed by atoms with Crippen LogP contribution in [0.1, 0.15) is 31.9 Å². The van der Waals surface area contributed by atoms with Gasteiger partial charge in [0.25, 0.3) is 0 Å². The van der Waals surface area contributed by atoms with Gasteiger partial charge in [0.2, 0.25) is 0 Å². The third kappa shape index (κ3) is 2.21. The van der Waals surface area contributed by atoms with Crippen molar-refractivity contribution in [3.05, 3.63) is 29.7 Å². The minimum Gasteiger partial charge on any atom is -0.245 e. The van der Waals surface area contributed by atoms with Crippen molar-refractivity contribution in [3.63, 3.8) is 0 Å². The molecule has 0 saturated carbocycles. The fourth-order valence-electron chi connectivity index (χ4n) is 1.26. The van der Waals surface area contributed by atoms with E-state index in [0.29, 0.717) is 5.92 Å². The van der Waals surface area contributed by atoms with Crippen molar-refractivity contribution < 1.29 is 0 Å². The van der Waals surface area contributed by atoms with Crippen LogP contribution in [0.15, 0.2) is 24.0 Å². The van der Waals surface area contributed by atoms with Crippen LogP contribution in [-0.4, -0.2) is 15.0 Å². The summed E-state index contributed by atoms with van der Waals surface area (Å²) in [6, 6.07) is 1.89. The maximum atomic E-state index is 4.58.